The average molecular weight is 385 g/mol. The zero-order valence-electron chi connectivity index (χ0n) is 15.1. The molecule has 0 aromatic heterocycles. The lowest BCUT2D eigenvalue weighted by molar-refractivity contribution is -0.384. The molecular weight excluding hydrogens is 362 g/mol. The van der Waals surface area contributed by atoms with Crippen molar-refractivity contribution in [2.45, 2.75) is 24.2 Å². The molecule has 7 heteroatoms. The van der Waals surface area contributed by atoms with Crippen LogP contribution in [0, 0.1) is 10.1 Å². The number of nitrogens with one attached hydrogen (secondary N) is 1. The lowest BCUT2D eigenvalue weighted by atomic mass is 10.1. The first-order valence-corrected chi connectivity index (χ1v) is 10.1. The largest absolute Gasteiger partial charge is 0.366 e. The van der Waals surface area contributed by atoms with Gasteiger partial charge in [0.2, 0.25) is 0 Å². The summed E-state index contributed by atoms with van der Waals surface area (Å²) in [6.07, 6.45) is 2.92. The van der Waals surface area contributed by atoms with Crippen molar-refractivity contribution >= 4 is 29.0 Å². The molecule has 142 valence electrons. The molecule has 6 nitrogen and oxygen atoms in total. The Labute approximate surface area is 163 Å². The minimum absolute atomic E-state index is 0.00387. The second kappa shape index (κ2) is 9.41. The molecule has 3 rings (SSSR count). The Morgan fingerprint density at radius 2 is 1.89 bits per heavy atom. The van der Waals surface area contributed by atoms with E-state index in [1.807, 2.05) is 23.1 Å². The molecule has 1 fully saturated rings. The molecule has 1 saturated heterocycles. The minimum atomic E-state index is -0.402. The summed E-state index contributed by atoms with van der Waals surface area (Å²) in [5.74, 6) is 0.633. The van der Waals surface area contributed by atoms with Gasteiger partial charge >= 0.3 is 0 Å². The van der Waals surface area contributed by atoms with E-state index >= 15 is 0 Å². The molecule has 27 heavy (non-hydrogen) atoms. The molecular formula is C20H23N3O3S. The van der Waals surface area contributed by atoms with Crippen LogP contribution >= 0.6 is 11.8 Å². The van der Waals surface area contributed by atoms with Crippen LogP contribution in [0.1, 0.15) is 29.6 Å². The number of carbonyl (C=O) groups excluding carboxylic acids is 1. The first kappa shape index (κ1) is 19.2. The van der Waals surface area contributed by atoms with Crippen LogP contribution in [0.3, 0.4) is 0 Å². The fourth-order valence-corrected chi connectivity index (χ4v) is 3.99. The summed E-state index contributed by atoms with van der Waals surface area (Å²) in [5, 5.41) is 14.3. The van der Waals surface area contributed by atoms with E-state index in [-0.39, 0.29) is 11.6 Å². The number of nitro benzene ring substituents is 1. The van der Waals surface area contributed by atoms with Crippen LogP contribution in [0.15, 0.2) is 53.4 Å². The standard InChI is InChI=1S/C20H23N3O3S/c24-20(21-11-6-14-27-17-7-2-1-3-8-17)16-9-10-18(19(15-16)23(25)26)22-12-4-5-13-22/h1-3,7-10,15H,4-6,11-14H2,(H,21,24). The first-order valence-electron chi connectivity index (χ1n) is 9.14. The van der Waals surface area contributed by atoms with E-state index in [0.717, 1.165) is 38.1 Å². The maximum Gasteiger partial charge on any atom is 0.293 e. The Hall–Kier alpha value is -2.54. The Morgan fingerprint density at radius 3 is 2.59 bits per heavy atom. The van der Waals surface area contributed by atoms with E-state index in [0.29, 0.717) is 17.8 Å². The Kier molecular flexibility index (Phi) is 6.70. The fraction of sp³-hybridized carbons (Fsp3) is 0.350. The molecule has 1 N–H and O–H groups in total. The predicted molar refractivity (Wildman–Crippen MR) is 109 cm³/mol. The smallest absolute Gasteiger partial charge is 0.293 e. The molecule has 1 aliphatic rings. The number of hydrogen-bond donors (Lipinski definition) is 1. The van der Waals surface area contributed by atoms with Gasteiger partial charge in [-0.1, -0.05) is 18.2 Å². The molecule has 0 atom stereocenters. The molecule has 2 aromatic carbocycles. The number of carbonyl (C=O) groups is 1. The molecule has 0 unspecified atom stereocenters. The van der Waals surface area contributed by atoms with Gasteiger partial charge in [-0.2, -0.15) is 0 Å². The number of nitrogens with zero attached hydrogens (tertiary/aromatic N) is 2. The third kappa shape index (κ3) is 5.23. The van der Waals surface area contributed by atoms with Gasteiger partial charge in [0.25, 0.3) is 11.6 Å². The lowest BCUT2D eigenvalue weighted by Crippen LogP contribution is -2.25. The number of benzene rings is 2. The van der Waals surface area contributed by atoms with E-state index in [1.54, 1.807) is 23.9 Å². The summed E-state index contributed by atoms with van der Waals surface area (Å²) in [5.41, 5.74) is 0.942. The highest BCUT2D eigenvalue weighted by Crippen LogP contribution is 2.31. The highest BCUT2D eigenvalue weighted by molar-refractivity contribution is 7.99. The normalized spacial score (nSPS) is 13.6. The maximum atomic E-state index is 12.3. The van der Waals surface area contributed by atoms with E-state index < -0.39 is 4.92 Å². The molecule has 0 aliphatic carbocycles. The van der Waals surface area contributed by atoms with Gasteiger partial charge in [-0.05, 0) is 49.3 Å². The zero-order chi connectivity index (χ0) is 19.1. The van der Waals surface area contributed by atoms with Gasteiger partial charge in [-0.3, -0.25) is 14.9 Å². The topological polar surface area (TPSA) is 75.5 Å². The number of amides is 1. The van der Waals surface area contributed by atoms with Crippen molar-refractivity contribution < 1.29 is 9.72 Å². The van der Waals surface area contributed by atoms with Crippen molar-refractivity contribution in [1.82, 2.24) is 5.32 Å². The van der Waals surface area contributed by atoms with Crippen molar-refractivity contribution in [2.75, 3.05) is 30.3 Å². The number of thioether (sulfide) groups is 1. The van der Waals surface area contributed by atoms with Gasteiger partial charge in [0.05, 0.1) is 4.92 Å². The van der Waals surface area contributed by atoms with Gasteiger partial charge in [-0.15, -0.1) is 11.8 Å². The maximum absolute atomic E-state index is 12.3. The van der Waals surface area contributed by atoms with Gasteiger partial charge < -0.3 is 10.2 Å². The highest BCUT2D eigenvalue weighted by Gasteiger charge is 2.23. The van der Waals surface area contributed by atoms with Crippen molar-refractivity contribution in [3.8, 4) is 0 Å². The van der Waals surface area contributed by atoms with Crippen LogP contribution in [0.4, 0.5) is 11.4 Å². The average Bonchev–Trinajstić information content (AvgIpc) is 3.22. The van der Waals surface area contributed by atoms with E-state index in [1.165, 1.54) is 11.0 Å². The predicted octanol–water partition coefficient (Wildman–Crippen LogP) is 4.11. The molecule has 0 radical (unpaired) electrons. The Bertz CT molecular complexity index is 792. The van der Waals surface area contributed by atoms with Gasteiger partial charge in [0.15, 0.2) is 0 Å². The van der Waals surface area contributed by atoms with Crippen LogP contribution < -0.4 is 10.2 Å². The van der Waals surface area contributed by atoms with Crippen LogP contribution in [-0.4, -0.2) is 36.2 Å². The van der Waals surface area contributed by atoms with E-state index in [9.17, 15) is 14.9 Å². The second-order valence-electron chi connectivity index (χ2n) is 6.43. The van der Waals surface area contributed by atoms with Crippen molar-refractivity contribution in [2.24, 2.45) is 0 Å². The summed E-state index contributed by atoms with van der Waals surface area (Å²) >= 11 is 1.74. The van der Waals surface area contributed by atoms with Crippen molar-refractivity contribution in [3.05, 3.63) is 64.2 Å². The Morgan fingerprint density at radius 1 is 1.15 bits per heavy atom. The first-order chi connectivity index (χ1) is 13.1. The summed E-state index contributed by atoms with van der Waals surface area (Å²) < 4.78 is 0. The van der Waals surface area contributed by atoms with E-state index in [4.69, 9.17) is 0 Å². The third-order valence-electron chi connectivity index (χ3n) is 4.50. The summed E-state index contributed by atoms with van der Waals surface area (Å²) in [6, 6.07) is 14.9. The second-order valence-corrected chi connectivity index (χ2v) is 7.59. The third-order valence-corrected chi connectivity index (χ3v) is 5.60. The highest BCUT2D eigenvalue weighted by atomic mass is 32.2. The van der Waals surface area contributed by atoms with Crippen LogP contribution in [0.5, 0.6) is 0 Å². The minimum Gasteiger partial charge on any atom is -0.366 e. The Balaban J connectivity index is 1.53. The summed E-state index contributed by atoms with van der Waals surface area (Å²) in [4.78, 5) is 26.6. The summed E-state index contributed by atoms with van der Waals surface area (Å²) in [7, 11) is 0. The van der Waals surface area contributed by atoms with Crippen LogP contribution in [0.25, 0.3) is 0 Å². The number of nitro groups is 1. The number of anilines is 1. The SMILES string of the molecule is O=C(NCCCSc1ccccc1)c1ccc(N2CCCC2)c([N+](=O)[O-])c1. The lowest BCUT2D eigenvalue weighted by Gasteiger charge is -2.17. The van der Waals surface area contributed by atoms with Gasteiger partial charge in [-0.25, -0.2) is 0 Å². The fourth-order valence-electron chi connectivity index (χ4n) is 3.12. The number of rotatable bonds is 8. The van der Waals surface area contributed by atoms with E-state index in [2.05, 4.69) is 17.4 Å². The van der Waals surface area contributed by atoms with Crippen LogP contribution in [0.2, 0.25) is 0 Å². The summed E-state index contributed by atoms with van der Waals surface area (Å²) in [6.45, 7) is 2.19. The molecule has 1 aliphatic heterocycles. The monoisotopic (exact) mass is 385 g/mol. The molecule has 0 bridgehead atoms. The zero-order valence-corrected chi connectivity index (χ0v) is 15.9. The van der Waals surface area contributed by atoms with Crippen molar-refractivity contribution in [3.63, 3.8) is 0 Å². The van der Waals surface area contributed by atoms with Gasteiger partial charge in [0.1, 0.15) is 5.69 Å². The molecule has 1 amide bonds. The van der Waals surface area contributed by atoms with Crippen LogP contribution in [-0.2, 0) is 0 Å². The molecule has 1 heterocycles. The molecule has 0 saturated carbocycles. The van der Waals surface area contributed by atoms with Crippen molar-refractivity contribution in [1.29, 1.82) is 0 Å². The number of hydrogen-bond acceptors (Lipinski definition) is 5. The molecule has 0 spiro atoms. The molecule has 2 aromatic rings. The quantitative estimate of drug-likeness (QED) is 0.320. The van der Waals surface area contributed by atoms with Gasteiger partial charge in [0, 0.05) is 36.2 Å².